The van der Waals surface area contributed by atoms with Gasteiger partial charge < -0.3 is 4.74 Å². The maximum Gasteiger partial charge on any atom is 0.319 e. The third kappa shape index (κ3) is 4.00. The van der Waals surface area contributed by atoms with E-state index < -0.39 is 11.6 Å². The van der Waals surface area contributed by atoms with E-state index in [2.05, 4.69) is 10.7 Å². The van der Waals surface area contributed by atoms with Gasteiger partial charge in [0.25, 0.3) is 0 Å². The van der Waals surface area contributed by atoms with Crippen molar-refractivity contribution in [3.63, 3.8) is 0 Å². The highest BCUT2D eigenvalue weighted by Gasteiger charge is 2.20. The minimum absolute atomic E-state index is 0.0922. The lowest BCUT2D eigenvalue weighted by molar-refractivity contribution is -0.150. The predicted octanol–water partition coefficient (Wildman–Crippen LogP) is 0.855. The van der Waals surface area contributed by atoms with Gasteiger partial charge in [0.05, 0.1) is 0 Å². The Hall–Kier alpha value is -1.48. The lowest BCUT2D eigenvalue weighted by atomic mass is 10.2. The van der Waals surface area contributed by atoms with Crippen molar-refractivity contribution in [1.29, 1.82) is 5.26 Å². The van der Waals surface area contributed by atoms with E-state index in [1.165, 1.54) is 13.8 Å². The van der Waals surface area contributed by atoms with E-state index in [1.807, 2.05) is 6.07 Å². The average Bonchev–Trinajstić information content (AvgIpc) is 1.87. The third-order valence-corrected chi connectivity index (χ3v) is 0.885. The molecule has 0 aromatic rings. The molecule has 0 saturated heterocycles. The Morgan fingerprint density at radius 2 is 2.27 bits per heavy atom. The van der Waals surface area contributed by atoms with Crippen molar-refractivity contribution in [3.8, 4) is 18.4 Å². The minimum atomic E-state index is -1.08. The summed E-state index contributed by atoms with van der Waals surface area (Å²) in [7, 11) is 0. The molecule has 0 aromatic heterocycles. The number of nitrogens with zero attached hydrogens (tertiary/aromatic N) is 1. The number of esters is 1. The van der Waals surface area contributed by atoms with Crippen molar-refractivity contribution in [2.75, 3.05) is 0 Å². The molecule has 3 heteroatoms. The van der Waals surface area contributed by atoms with Crippen molar-refractivity contribution in [2.45, 2.75) is 25.9 Å². The Kier molecular flexibility index (Phi) is 3.14. The molecule has 0 saturated carbocycles. The summed E-state index contributed by atoms with van der Waals surface area (Å²) >= 11 is 0. The van der Waals surface area contributed by atoms with Crippen LogP contribution >= 0.6 is 0 Å². The number of hydrogen-bond acceptors (Lipinski definition) is 3. The lowest BCUT2D eigenvalue weighted by Crippen LogP contribution is -2.25. The molecule has 0 bridgehead atoms. The van der Waals surface area contributed by atoms with Gasteiger partial charge >= 0.3 is 5.97 Å². The maximum absolute atomic E-state index is 10.7. The fourth-order valence-corrected chi connectivity index (χ4v) is 0.427. The Balaban J connectivity index is 3.99. The Morgan fingerprint density at radius 3 is 2.64 bits per heavy atom. The summed E-state index contributed by atoms with van der Waals surface area (Å²) in [6, 6.07) is 1.82. The molecule has 0 heterocycles. The number of nitriles is 1. The van der Waals surface area contributed by atoms with Gasteiger partial charge in [0.1, 0.15) is 12.5 Å². The van der Waals surface area contributed by atoms with Gasteiger partial charge in [-0.15, -0.1) is 6.42 Å². The predicted molar refractivity (Wildman–Crippen MR) is 39.2 cm³/mol. The summed E-state index contributed by atoms with van der Waals surface area (Å²) in [5.74, 6) is 1.59. The van der Waals surface area contributed by atoms with E-state index in [9.17, 15) is 4.79 Å². The molecule has 0 N–H and O–H groups in total. The lowest BCUT2D eigenvalue weighted by Gasteiger charge is -2.14. The van der Waals surface area contributed by atoms with Crippen LogP contribution < -0.4 is 0 Å². The van der Waals surface area contributed by atoms with Gasteiger partial charge in [0, 0.05) is 0 Å². The number of carbonyl (C=O) groups excluding carboxylic acids is 1. The van der Waals surface area contributed by atoms with Gasteiger partial charge in [0.2, 0.25) is 0 Å². The SMILES string of the molecule is C#CCC(=O)OC(C)(C)C#N. The summed E-state index contributed by atoms with van der Waals surface area (Å²) in [5, 5.41) is 8.43. The molecule has 0 aliphatic heterocycles. The van der Waals surface area contributed by atoms with Crippen LogP contribution in [-0.4, -0.2) is 11.6 Å². The number of rotatable bonds is 2. The number of hydrogen-bond donors (Lipinski definition) is 0. The highest BCUT2D eigenvalue weighted by atomic mass is 16.6. The number of carbonyl (C=O) groups is 1. The zero-order chi connectivity index (χ0) is 8.91. The second-order valence-corrected chi connectivity index (χ2v) is 2.48. The van der Waals surface area contributed by atoms with E-state index in [4.69, 9.17) is 11.7 Å². The van der Waals surface area contributed by atoms with Gasteiger partial charge in [-0.2, -0.15) is 5.26 Å². The van der Waals surface area contributed by atoms with Gasteiger partial charge in [-0.3, -0.25) is 4.79 Å². The first-order valence-corrected chi connectivity index (χ1v) is 3.08. The molecule has 0 atom stereocenters. The van der Waals surface area contributed by atoms with Crippen LogP contribution in [0.2, 0.25) is 0 Å². The first-order valence-electron chi connectivity index (χ1n) is 3.08. The zero-order valence-electron chi connectivity index (χ0n) is 6.55. The molecular weight excluding hydrogens is 142 g/mol. The summed E-state index contributed by atoms with van der Waals surface area (Å²) in [6.07, 6.45) is 4.76. The van der Waals surface area contributed by atoms with Crippen LogP contribution in [-0.2, 0) is 9.53 Å². The largest absolute Gasteiger partial charge is 0.444 e. The van der Waals surface area contributed by atoms with Crippen LogP contribution in [0.15, 0.2) is 0 Å². The van der Waals surface area contributed by atoms with E-state index in [-0.39, 0.29) is 6.42 Å². The fraction of sp³-hybridized carbons (Fsp3) is 0.500. The van der Waals surface area contributed by atoms with Crippen LogP contribution in [0.25, 0.3) is 0 Å². The fourth-order valence-electron chi connectivity index (χ4n) is 0.427. The molecule has 0 spiro atoms. The van der Waals surface area contributed by atoms with E-state index >= 15 is 0 Å². The second-order valence-electron chi connectivity index (χ2n) is 2.48. The summed E-state index contributed by atoms with van der Waals surface area (Å²) in [4.78, 5) is 10.7. The molecule has 0 aliphatic carbocycles. The summed E-state index contributed by atoms with van der Waals surface area (Å²) in [6.45, 7) is 3.00. The maximum atomic E-state index is 10.7. The second kappa shape index (κ2) is 3.63. The summed E-state index contributed by atoms with van der Waals surface area (Å²) < 4.78 is 4.68. The van der Waals surface area contributed by atoms with Crippen molar-refractivity contribution in [2.24, 2.45) is 0 Å². The quantitative estimate of drug-likeness (QED) is 0.434. The molecule has 58 valence electrons. The molecule has 3 nitrogen and oxygen atoms in total. The molecule has 0 fully saturated rings. The molecule has 11 heavy (non-hydrogen) atoms. The molecule has 0 rings (SSSR count). The van der Waals surface area contributed by atoms with Crippen molar-refractivity contribution < 1.29 is 9.53 Å². The average molecular weight is 151 g/mol. The molecular formula is C8H9NO2. The molecule has 0 amide bonds. The monoisotopic (exact) mass is 151 g/mol. The summed E-state index contributed by atoms with van der Waals surface area (Å²) in [5.41, 5.74) is -1.08. The number of ether oxygens (including phenoxy) is 1. The van der Waals surface area contributed by atoms with Crippen molar-refractivity contribution in [3.05, 3.63) is 0 Å². The number of terminal acetylenes is 1. The van der Waals surface area contributed by atoms with Crippen molar-refractivity contribution >= 4 is 5.97 Å². The zero-order valence-corrected chi connectivity index (χ0v) is 6.55. The minimum Gasteiger partial charge on any atom is -0.444 e. The van der Waals surface area contributed by atoms with Crippen LogP contribution in [0.1, 0.15) is 20.3 Å². The van der Waals surface area contributed by atoms with E-state index in [0.29, 0.717) is 0 Å². The van der Waals surface area contributed by atoms with Crippen LogP contribution in [0.3, 0.4) is 0 Å². The highest BCUT2D eigenvalue weighted by molar-refractivity contribution is 5.72. The van der Waals surface area contributed by atoms with Gasteiger partial charge in [-0.1, -0.05) is 5.92 Å². The van der Waals surface area contributed by atoms with E-state index in [1.54, 1.807) is 0 Å². The Bertz CT molecular complexity index is 229. The highest BCUT2D eigenvalue weighted by Crippen LogP contribution is 2.07. The Labute approximate surface area is 66.0 Å². The smallest absolute Gasteiger partial charge is 0.319 e. The topological polar surface area (TPSA) is 50.1 Å². The van der Waals surface area contributed by atoms with Crippen LogP contribution in [0.4, 0.5) is 0 Å². The molecule has 0 radical (unpaired) electrons. The van der Waals surface area contributed by atoms with Gasteiger partial charge in [0.15, 0.2) is 5.60 Å². The third-order valence-electron chi connectivity index (χ3n) is 0.885. The van der Waals surface area contributed by atoms with Crippen LogP contribution in [0.5, 0.6) is 0 Å². The molecule has 0 unspecified atom stereocenters. The first-order chi connectivity index (χ1) is 5.02. The Morgan fingerprint density at radius 1 is 1.73 bits per heavy atom. The standard InChI is InChI=1S/C8H9NO2/c1-4-5-7(10)11-8(2,3)6-9/h1H,5H2,2-3H3. The normalized spacial score (nSPS) is 9.45. The van der Waals surface area contributed by atoms with Crippen molar-refractivity contribution in [1.82, 2.24) is 0 Å². The molecule has 0 aliphatic rings. The van der Waals surface area contributed by atoms with Crippen LogP contribution in [0, 0.1) is 23.7 Å². The first kappa shape index (κ1) is 9.52. The van der Waals surface area contributed by atoms with Gasteiger partial charge in [-0.25, -0.2) is 0 Å². The molecule has 0 aromatic carbocycles. The van der Waals surface area contributed by atoms with E-state index in [0.717, 1.165) is 0 Å². The van der Waals surface area contributed by atoms with Gasteiger partial charge in [-0.05, 0) is 13.8 Å².